The van der Waals surface area contributed by atoms with Gasteiger partial charge in [-0.15, -0.1) is 0 Å². The normalized spacial score (nSPS) is 15.1. The Hall–Kier alpha value is -0.610. The lowest BCUT2D eigenvalue weighted by atomic mass is 10.0. The van der Waals surface area contributed by atoms with Crippen molar-refractivity contribution < 1.29 is 9.90 Å². The predicted molar refractivity (Wildman–Crippen MR) is 61.6 cm³/mol. The molecule has 0 spiro atoms. The molecule has 4 heteroatoms. The minimum Gasteiger partial charge on any atom is -0.396 e. The Bertz CT molecular complexity index is 183. The molecule has 15 heavy (non-hydrogen) atoms. The third-order valence-electron chi connectivity index (χ3n) is 2.45. The number of rotatable bonds is 7. The van der Waals surface area contributed by atoms with Crippen LogP contribution >= 0.6 is 0 Å². The third-order valence-corrected chi connectivity index (χ3v) is 2.45. The number of aliphatic hydroxyl groups is 1. The molecule has 0 bridgehead atoms. The molecular formula is C11H24N2O2. The van der Waals surface area contributed by atoms with Crippen molar-refractivity contribution in [3.8, 4) is 0 Å². The summed E-state index contributed by atoms with van der Waals surface area (Å²) in [6.45, 7) is 8.71. The van der Waals surface area contributed by atoms with Gasteiger partial charge in [0.1, 0.15) is 0 Å². The first-order valence-corrected chi connectivity index (χ1v) is 5.67. The average Bonchev–Trinajstić information content (AvgIpc) is 2.17. The van der Waals surface area contributed by atoms with E-state index in [1.54, 1.807) is 0 Å². The van der Waals surface area contributed by atoms with Crippen molar-refractivity contribution in [2.75, 3.05) is 13.2 Å². The highest BCUT2D eigenvalue weighted by atomic mass is 16.3. The van der Waals surface area contributed by atoms with Crippen LogP contribution in [-0.2, 0) is 4.79 Å². The van der Waals surface area contributed by atoms with E-state index in [0.29, 0.717) is 18.9 Å². The van der Waals surface area contributed by atoms with Crippen LogP contribution in [0.15, 0.2) is 0 Å². The topological polar surface area (TPSA) is 61.4 Å². The summed E-state index contributed by atoms with van der Waals surface area (Å²) >= 11 is 0. The zero-order valence-electron chi connectivity index (χ0n) is 10.2. The number of hydrogen-bond donors (Lipinski definition) is 3. The largest absolute Gasteiger partial charge is 0.396 e. The molecular weight excluding hydrogens is 192 g/mol. The first kappa shape index (κ1) is 14.4. The highest BCUT2D eigenvalue weighted by Gasteiger charge is 2.19. The number of carbonyl (C=O) groups excluding carboxylic acids is 1. The molecule has 4 nitrogen and oxygen atoms in total. The van der Waals surface area contributed by atoms with Crippen molar-refractivity contribution in [2.45, 2.75) is 46.2 Å². The molecule has 0 rings (SSSR count). The van der Waals surface area contributed by atoms with Crippen molar-refractivity contribution in [1.29, 1.82) is 0 Å². The van der Waals surface area contributed by atoms with Crippen LogP contribution in [0.2, 0.25) is 0 Å². The molecule has 0 saturated heterocycles. The van der Waals surface area contributed by atoms with Gasteiger partial charge in [0.15, 0.2) is 0 Å². The molecule has 0 fully saturated rings. The minimum absolute atomic E-state index is 0.0149. The van der Waals surface area contributed by atoms with Gasteiger partial charge in [0, 0.05) is 19.2 Å². The number of aliphatic hydroxyl groups excluding tert-OH is 1. The minimum atomic E-state index is -0.205. The first-order valence-electron chi connectivity index (χ1n) is 5.67. The van der Waals surface area contributed by atoms with E-state index in [-0.39, 0.29) is 24.6 Å². The Labute approximate surface area is 92.4 Å². The van der Waals surface area contributed by atoms with Crippen LogP contribution in [0.25, 0.3) is 0 Å². The van der Waals surface area contributed by atoms with Gasteiger partial charge < -0.3 is 15.7 Å². The number of hydrogen-bond acceptors (Lipinski definition) is 3. The second-order valence-corrected chi connectivity index (χ2v) is 4.15. The van der Waals surface area contributed by atoms with E-state index in [1.807, 2.05) is 13.8 Å². The molecule has 0 aromatic heterocycles. The maximum absolute atomic E-state index is 11.5. The summed E-state index contributed by atoms with van der Waals surface area (Å²) < 4.78 is 0. The maximum Gasteiger partial charge on any atom is 0.236 e. The van der Waals surface area contributed by atoms with Gasteiger partial charge in [-0.05, 0) is 26.2 Å². The van der Waals surface area contributed by atoms with Crippen LogP contribution in [0.3, 0.4) is 0 Å². The summed E-state index contributed by atoms with van der Waals surface area (Å²) in [6, 6.07) is -0.0171. The third kappa shape index (κ3) is 5.74. The van der Waals surface area contributed by atoms with Crippen LogP contribution in [-0.4, -0.2) is 36.2 Å². The van der Waals surface area contributed by atoms with Crippen molar-refractivity contribution in [3.05, 3.63) is 0 Å². The Morgan fingerprint density at radius 1 is 1.33 bits per heavy atom. The smallest absolute Gasteiger partial charge is 0.236 e. The van der Waals surface area contributed by atoms with E-state index in [9.17, 15) is 4.79 Å². The summed E-state index contributed by atoms with van der Waals surface area (Å²) in [6.07, 6.45) is 0.682. The lowest BCUT2D eigenvalue weighted by molar-refractivity contribution is -0.122. The quantitative estimate of drug-likeness (QED) is 0.581. The van der Waals surface area contributed by atoms with Crippen LogP contribution in [0.1, 0.15) is 34.1 Å². The zero-order chi connectivity index (χ0) is 11.8. The molecule has 0 aliphatic carbocycles. The van der Waals surface area contributed by atoms with Gasteiger partial charge in [-0.1, -0.05) is 13.8 Å². The fourth-order valence-electron chi connectivity index (χ4n) is 1.47. The second kappa shape index (κ2) is 7.65. The van der Waals surface area contributed by atoms with E-state index in [0.717, 1.165) is 0 Å². The summed E-state index contributed by atoms with van der Waals surface area (Å²) in [7, 11) is 0. The Kier molecular flexibility index (Phi) is 7.34. The van der Waals surface area contributed by atoms with Gasteiger partial charge in [0.2, 0.25) is 5.91 Å². The molecule has 0 radical (unpaired) electrons. The van der Waals surface area contributed by atoms with Crippen LogP contribution < -0.4 is 10.6 Å². The molecule has 2 unspecified atom stereocenters. The van der Waals surface area contributed by atoms with E-state index in [2.05, 4.69) is 24.5 Å². The number of carbonyl (C=O) groups is 1. The lowest BCUT2D eigenvalue weighted by Gasteiger charge is -2.25. The molecule has 0 aromatic rings. The molecule has 3 N–H and O–H groups in total. The summed E-state index contributed by atoms with van der Waals surface area (Å²) in [4.78, 5) is 11.5. The van der Waals surface area contributed by atoms with E-state index < -0.39 is 0 Å². The highest BCUT2D eigenvalue weighted by molar-refractivity contribution is 5.81. The molecule has 0 saturated carbocycles. The van der Waals surface area contributed by atoms with E-state index in [4.69, 9.17) is 5.11 Å². The summed E-state index contributed by atoms with van der Waals surface area (Å²) in [5.74, 6) is 0.426. The summed E-state index contributed by atoms with van der Waals surface area (Å²) in [5.41, 5.74) is 0. The fourth-order valence-corrected chi connectivity index (χ4v) is 1.47. The number of likely N-dealkylation sites (N-methyl/N-ethyl adjacent to an activating group) is 1. The molecule has 0 heterocycles. The molecule has 2 atom stereocenters. The molecule has 1 amide bonds. The molecule has 0 aromatic carbocycles. The van der Waals surface area contributed by atoms with E-state index in [1.165, 1.54) is 0 Å². The van der Waals surface area contributed by atoms with Crippen molar-refractivity contribution in [3.63, 3.8) is 0 Å². The first-order chi connectivity index (χ1) is 7.02. The van der Waals surface area contributed by atoms with Gasteiger partial charge in [-0.2, -0.15) is 0 Å². The maximum atomic E-state index is 11.5. The SMILES string of the molecule is CCNC(=O)C(C)NC(CCO)C(C)C. The van der Waals surface area contributed by atoms with Crippen LogP contribution in [0, 0.1) is 5.92 Å². The van der Waals surface area contributed by atoms with Crippen molar-refractivity contribution >= 4 is 5.91 Å². The predicted octanol–water partition coefficient (Wildman–Crippen LogP) is 0.508. The second-order valence-electron chi connectivity index (χ2n) is 4.15. The van der Waals surface area contributed by atoms with E-state index >= 15 is 0 Å². The number of nitrogens with one attached hydrogen (secondary N) is 2. The number of amides is 1. The van der Waals surface area contributed by atoms with Gasteiger partial charge in [0.05, 0.1) is 6.04 Å². The Morgan fingerprint density at radius 3 is 2.33 bits per heavy atom. The average molecular weight is 216 g/mol. The molecule has 0 aliphatic heterocycles. The van der Waals surface area contributed by atoms with Gasteiger partial charge >= 0.3 is 0 Å². The highest BCUT2D eigenvalue weighted by Crippen LogP contribution is 2.06. The standard InChI is InChI=1S/C11H24N2O2/c1-5-12-11(15)9(4)13-10(6-7-14)8(2)3/h8-10,13-14H,5-7H2,1-4H3,(H,12,15). The van der Waals surface area contributed by atoms with Gasteiger partial charge in [0.25, 0.3) is 0 Å². The molecule has 0 aliphatic rings. The Balaban J connectivity index is 4.09. The van der Waals surface area contributed by atoms with Crippen LogP contribution in [0.4, 0.5) is 0 Å². The van der Waals surface area contributed by atoms with Crippen LogP contribution in [0.5, 0.6) is 0 Å². The summed E-state index contributed by atoms with van der Waals surface area (Å²) in [5, 5.41) is 14.9. The fraction of sp³-hybridized carbons (Fsp3) is 0.909. The lowest BCUT2D eigenvalue weighted by Crippen LogP contribution is -2.48. The molecule has 90 valence electrons. The van der Waals surface area contributed by atoms with Crippen molar-refractivity contribution in [2.24, 2.45) is 5.92 Å². The Morgan fingerprint density at radius 2 is 1.93 bits per heavy atom. The zero-order valence-corrected chi connectivity index (χ0v) is 10.2. The monoisotopic (exact) mass is 216 g/mol. The van der Waals surface area contributed by atoms with Crippen molar-refractivity contribution in [1.82, 2.24) is 10.6 Å². The van der Waals surface area contributed by atoms with Gasteiger partial charge in [-0.3, -0.25) is 4.79 Å². The van der Waals surface area contributed by atoms with Gasteiger partial charge in [-0.25, -0.2) is 0 Å².